The number of carbonyl (C=O) groups excluding carboxylic acids is 1. The molecule has 27 heavy (non-hydrogen) atoms. The summed E-state index contributed by atoms with van der Waals surface area (Å²) in [7, 11) is -2.52. The van der Waals surface area contributed by atoms with Crippen LogP contribution in [0.2, 0.25) is 15.1 Å². The van der Waals surface area contributed by atoms with E-state index in [1.54, 1.807) is 35.9 Å². The number of imidazole rings is 1. The van der Waals surface area contributed by atoms with Crippen LogP contribution in [0.1, 0.15) is 10.5 Å². The third-order valence-electron chi connectivity index (χ3n) is 3.63. The second-order valence-corrected chi connectivity index (χ2v) is 8.45. The minimum Gasteiger partial charge on any atom is -0.333 e. The Labute approximate surface area is 170 Å². The van der Waals surface area contributed by atoms with Gasteiger partial charge in [0, 0.05) is 23.8 Å². The zero-order valence-electron chi connectivity index (χ0n) is 13.8. The Morgan fingerprint density at radius 2 is 1.78 bits per heavy atom. The summed E-state index contributed by atoms with van der Waals surface area (Å²) in [5.74, 6) is -0.470. The van der Waals surface area contributed by atoms with Crippen LogP contribution in [0.4, 0.5) is 0 Å². The van der Waals surface area contributed by atoms with Gasteiger partial charge in [0.1, 0.15) is 16.4 Å². The van der Waals surface area contributed by atoms with Crippen molar-refractivity contribution < 1.29 is 13.2 Å². The molecule has 1 amide bonds. The molecule has 0 saturated carbocycles. The van der Waals surface area contributed by atoms with Crippen LogP contribution < -0.4 is 4.72 Å². The molecule has 3 rings (SSSR count). The van der Waals surface area contributed by atoms with Crippen LogP contribution in [-0.4, -0.2) is 23.9 Å². The number of nitrogens with one attached hydrogen (secondary N) is 1. The average molecular weight is 445 g/mol. The van der Waals surface area contributed by atoms with E-state index in [9.17, 15) is 13.2 Å². The van der Waals surface area contributed by atoms with E-state index in [0.717, 1.165) is 0 Å². The minimum atomic E-state index is -4.20. The highest BCUT2D eigenvalue weighted by Gasteiger charge is 2.24. The highest BCUT2D eigenvalue weighted by Crippen LogP contribution is 2.27. The summed E-state index contributed by atoms with van der Waals surface area (Å²) in [5.41, 5.74) is 0.533. The van der Waals surface area contributed by atoms with Gasteiger partial charge in [-0.2, -0.15) is 0 Å². The maximum absolute atomic E-state index is 12.4. The smallest absolute Gasteiger partial charge is 0.285 e. The summed E-state index contributed by atoms with van der Waals surface area (Å²) in [5, 5.41) is 0.638. The van der Waals surface area contributed by atoms with Crippen molar-refractivity contribution in [3.05, 3.63) is 69.4 Å². The summed E-state index contributed by atoms with van der Waals surface area (Å²) in [6.07, 6.45) is 1.41. The van der Waals surface area contributed by atoms with Gasteiger partial charge in [-0.15, -0.1) is 0 Å². The predicted molar refractivity (Wildman–Crippen MR) is 105 cm³/mol. The Morgan fingerprint density at radius 1 is 1.07 bits per heavy atom. The minimum absolute atomic E-state index is 0.0823. The highest BCUT2D eigenvalue weighted by atomic mass is 35.5. The topological polar surface area (TPSA) is 81.1 Å². The van der Waals surface area contributed by atoms with Gasteiger partial charge >= 0.3 is 0 Å². The molecule has 1 heterocycles. The summed E-state index contributed by atoms with van der Waals surface area (Å²) < 4.78 is 28.4. The predicted octanol–water partition coefficient (Wildman–Crippen LogP) is 4.17. The Kier molecular flexibility index (Phi) is 5.48. The number of hydrogen-bond donors (Lipinski definition) is 1. The average Bonchev–Trinajstić information content (AvgIpc) is 2.96. The van der Waals surface area contributed by atoms with Gasteiger partial charge in [0.05, 0.1) is 10.0 Å². The molecular formula is C17H12Cl3N3O3S. The first-order valence-electron chi connectivity index (χ1n) is 7.49. The molecule has 0 aliphatic heterocycles. The van der Waals surface area contributed by atoms with Gasteiger partial charge in [0.15, 0.2) is 0 Å². The Balaban J connectivity index is 1.91. The van der Waals surface area contributed by atoms with Gasteiger partial charge in [-0.1, -0.05) is 46.9 Å². The van der Waals surface area contributed by atoms with Gasteiger partial charge in [0.25, 0.3) is 15.9 Å². The Morgan fingerprint density at radius 3 is 2.44 bits per heavy atom. The molecule has 0 saturated heterocycles. The van der Waals surface area contributed by atoms with E-state index in [4.69, 9.17) is 34.8 Å². The molecule has 0 unspecified atom stereocenters. The molecule has 0 aliphatic carbocycles. The fourth-order valence-corrected chi connectivity index (χ4v) is 4.35. The Hall–Kier alpha value is -2.06. The fourth-order valence-electron chi connectivity index (χ4n) is 2.39. The number of aryl methyl sites for hydroxylation is 1. The first kappa shape index (κ1) is 19.7. The molecule has 0 radical (unpaired) electrons. The number of hydrogen-bond acceptors (Lipinski definition) is 4. The zero-order valence-corrected chi connectivity index (χ0v) is 16.9. The first-order valence-corrected chi connectivity index (χ1v) is 10.1. The second kappa shape index (κ2) is 7.52. The van der Waals surface area contributed by atoms with Gasteiger partial charge in [-0.25, -0.2) is 18.1 Å². The van der Waals surface area contributed by atoms with Crippen LogP contribution in [0.25, 0.3) is 11.4 Å². The van der Waals surface area contributed by atoms with Gasteiger partial charge in [-0.05, 0) is 30.3 Å². The molecule has 6 nitrogen and oxygen atoms in total. The summed E-state index contributed by atoms with van der Waals surface area (Å²) in [4.78, 5) is 16.4. The normalized spacial score (nSPS) is 11.4. The lowest BCUT2D eigenvalue weighted by atomic mass is 10.2. The van der Waals surface area contributed by atoms with Crippen LogP contribution in [0.15, 0.2) is 53.6 Å². The SMILES string of the molecule is Cn1cc(C(=O)NS(=O)(=O)c2ccc(Cl)cc2Cl)nc1-c1ccccc1Cl. The van der Waals surface area contributed by atoms with Crippen LogP contribution in [0.5, 0.6) is 0 Å². The molecule has 1 N–H and O–H groups in total. The van der Waals surface area contributed by atoms with E-state index in [0.29, 0.717) is 16.4 Å². The number of rotatable bonds is 4. The standard InChI is InChI=1S/C17H12Cl3N3O3S/c1-23-9-14(21-16(23)11-4-2-3-5-12(11)19)17(24)22-27(25,26)15-7-6-10(18)8-13(15)20/h2-9H,1H3,(H,22,24). The number of benzene rings is 2. The number of halogens is 3. The van der Waals surface area contributed by atoms with E-state index in [1.165, 1.54) is 24.4 Å². The lowest BCUT2D eigenvalue weighted by molar-refractivity contribution is 0.0977. The van der Waals surface area contributed by atoms with E-state index in [2.05, 4.69) is 4.98 Å². The molecule has 0 aliphatic rings. The van der Waals surface area contributed by atoms with Crippen molar-refractivity contribution >= 4 is 50.7 Å². The number of sulfonamides is 1. The van der Waals surface area contributed by atoms with E-state index in [-0.39, 0.29) is 20.6 Å². The molecular weight excluding hydrogens is 433 g/mol. The largest absolute Gasteiger partial charge is 0.333 e. The maximum atomic E-state index is 12.4. The van der Waals surface area contributed by atoms with E-state index >= 15 is 0 Å². The summed E-state index contributed by atoms with van der Waals surface area (Å²) in [6.45, 7) is 0. The van der Waals surface area contributed by atoms with Crippen molar-refractivity contribution in [3.8, 4) is 11.4 Å². The number of amides is 1. The fraction of sp³-hybridized carbons (Fsp3) is 0.0588. The van der Waals surface area contributed by atoms with Crippen LogP contribution >= 0.6 is 34.8 Å². The monoisotopic (exact) mass is 443 g/mol. The van der Waals surface area contributed by atoms with Crippen LogP contribution in [0, 0.1) is 0 Å². The highest BCUT2D eigenvalue weighted by molar-refractivity contribution is 7.90. The molecule has 2 aromatic carbocycles. The quantitative estimate of drug-likeness (QED) is 0.655. The molecule has 140 valence electrons. The molecule has 3 aromatic rings. The molecule has 0 atom stereocenters. The van der Waals surface area contributed by atoms with Crippen LogP contribution in [0.3, 0.4) is 0 Å². The third kappa shape index (κ3) is 4.11. The van der Waals surface area contributed by atoms with Gasteiger partial charge < -0.3 is 4.57 Å². The lowest BCUT2D eigenvalue weighted by Gasteiger charge is -2.07. The van der Waals surface area contributed by atoms with Crippen molar-refractivity contribution in [2.75, 3.05) is 0 Å². The van der Waals surface area contributed by atoms with Gasteiger partial charge in [-0.3, -0.25) is 4.79 Å². The number of carbonyl (C=O) groups is 1. The van der Waals surface area contributed by atoms with Crippen molar-refractivity contribution in [2.24, 2.45) is 7.05 Å². The molecule has 0 fully saturated rings. The Bertz CT molecular complexity index is 1140. The van der Waals surface area contributed by atoms with Crippen molar-refractivity contribution in [3.63, 3.8) is 0 Å². The summed E-state index contributed by atoms with van der Waals surface area (Å²) in [6, 6.07) is 10.8. The molecule has 10 heteroatoms. The van der Waals surface area contributed by atoms with E-state index in [1.807, 2.05) is 4.72 Å². The first-order chi connectivity index (χ1) is 12.7. The molecule has 0 spiro atoms. The maximum Gasteiger partial charge on any atom is 0.285 e. The van der Waals surface area contributed by atoms with Crippen molar-refractivity contribution in [1.82, 2.24) is 14.3 Å². The van der Waals surface area contributed by atoms with Crippen molar-refractivity contribution in [2.45, 2.75) is 4.90 Å². The van der Waals surface area contributed by atoms with E-state index < -0.39 is 15.9 Å². The zero-order chi connectivity index (χ0) is 19.8. The summed E-state index contributed by atoms with van der Waals surface area (Å²) >= 11 is 17.9. The second-order valence-electron chi connectivity index (χ2n) is 5.55. The number of aromatic nitrogens is 2. The van der Waals surface area contributed by atoms with Gasteiger partial charge in [0.2, 0.25) is 0 Å². The molecule has 1 aromatic heterocycles. The lowest BCUT2D eigenvalue weighted by Crippen LogP contribution is -2.31. The molecule has 0 bridgehead atoms. The third-order valence-corrected chi connectivity index (χ3v) is 6.01. The number of nitrogens with zero attached hydrogens (tertiary/aromatic N) is 2. The van der Waals surface area contributed by atoms with Crippen molar-refractivity contribution in [1.29, 1.82) is 0 Å². The van der Waals surface area contributed by atoms with Crippen LogP contribution in [-0.2, 0) is 17.1 Å².